The summed E-state index contributed by atoms with van der Waals surface area (Å²) in [5.74, 6) is 0.139. The van der Waals surface area contributed by atoms with Crippen molar-refractivity contribution in [2.45, 2.75) is 38.3 Å². The van der Waals surface area contributed by atoms with E-state index in [1.54, 1.807) is 19.2 Å². The molecule has 0 unspecified atom stereocenters. The van der Waals surface area contributed by atoms with Crippen LogP contribution in [0, 0.1) is 5.82 Å². The fourth-order valence-electron chi connectivity index (χ4n) is 3.99. The lowest BCUT2D eigenvalue weighted by molar-refractivity contribution is -0.132. The number of halogens is 1. The molecule has 2 heterocycles. The zero-order chi connectivity index (χ0) is 22.5. The summed E-state index contributed by atoms with van der Waals surface area (Å²) in [6.07, 6.45) is 2.24. The number of benzene rings is 2. The number of piperidine rings is 1. The van der Waals surface area contributed by atoms with Gasteiger partial charge in [-0.2, -0.15) is 5.10 Å². The normalized spacial score (nSPS) is 17.2. The second kappa shape index (κ2) is 9.80. The summed E-state index contributed by atoms with van der Waals surface area (Å²) >= 11 is 0. The van der Waals surface area contributed by atoms with E-state index in [1.807, 2.05) is 24.3 Å². The number of anilines is 1. The van der Waals surface area contributed by atoms with Gasteiger partial charge in [-0.3, -0.25) is 9.59 Å². The minimum atomic E-state index is -0.333. The van der Waals surface area contributed by atoms with Gasteiger partial charge in [-0.05, 0) is 54.8 Å². The van der Waals surface area contributed by atoms with Crippen LogP contribution in [0.1, 0.15) is 31.2 Å². The lowest BCUT2D eigenvalue weighted by Gasteiger charge is -2.34. The summed E-state index contributed by atoms with van der Waals surface area (Å²) < 4.78 is 18.3. The van der Waals surface area contributed by atoms with Crippen LogP contribution in [0.5, 0.6) is 5.75 Å². The second-order valence-corrected chi connectivity index (χ2v) is 8.06. The zero-order valence-corrected chi connectivity index (χ0v) is 18.1. The molecule has 2 amide bonds. The average Bonchev–Trinajstić information content (AvgIpc) is 2.82. The van der Waals surface area contributed by atoms with Crippen molar-refractivity contribution >= 4 is 23.2 Å². The molecular formula is C24H27FN4O3. The average molecular weight is 439 g/mol. The fourth-order valence-corrected chi connectivity index (χ4v) is 3.99. The van der Waals surface area contributed by atoms with Crippen molar-refractivity contribution in [1.29, 1.82) is 0 Å². The summed E-state index contributed by atoms with van der Waals surface area (Å²) in [4.78, 5) is 27.3. The van der Waals surface area contributed by atoms with Gasteiger partial charge in [0.15, 0.2) is 0 Å². The maximum Gasteiger partial charge on any atom is 0.267 e. The number of carbonyl (C=O) groups is 2. The van der Waals surface area contributed by atoms with Crippen LogP contribution in [0.25, 0.3) is 0 Å². The summed E-state index contributed by atoms with van der Waals surface area (Å²) in [7, 11) is 1.65. The molecule has 0 saturated carbocycles. The third-order valence-corrected chi connectivity index (χ3v) is 5.88. The Morgan fingerprint density at radius 3 is 2.44 bits per heavy atom. The summed E-state index contributed by atoms with van der Waals surface area (Å²) in [5, 5.41) is 8.68. The maximum atomic E-state index is 13.1. The number of hydrazone groups is 1. The number of ether oxygens (including phenoxy) is 1. The smallest absolute Gasteiger partial charge is 0.267 e. The van der Waals surface area contributed by atoms with E-state index in [0.29, 0.717) is 12.1 Å². The number of carbonyl (C=O) groups excluding carboxylic acids is 2. The van der Waals surface area contributed by atoms with Crippen molar-refractivity contribution in [1.82, 2.24) is 10.3 Å². The SMILES string of the molecule is COc1ccc(N2CCC(NC(=O)C3=NN(Cc4ccc(F)cc4)C(=O)CC3)CC2)cc1. The number of methoxy groups -OCH3 is 1. The Bertz CT molecular complexity index is 983. The third kappa shape index (κ3) is 5.25. The Hall–Kier alpha value is -3.42. The quantitative estimate of drug-likeness (QED) is 0.752. The molecule has 0 aromatic heterocycles. The Labute approximate surface area is 186 Å². The van der Waals surface area contributed by atoms with Gasteiger partial charge >= 0.3 is 0 Å². The summed E-state index contributed by atoms with van der Waals surface area (Å²) in [5.41, 5.74) is 2.27. The number of hydrogen-bond acceptors (Lipinski definition) is 5. The number of amides is 2. The Balaban J connectivity index is 1.32. The van der Waals surface area contributed by atoms with Crippen molar-refractivity contribution in [2.24, 2.45) is 5.10 Å². The molecule has 7 nitrogen and oxygen atoms in total. The van der Waals surface area contributed by atoms with Crippen LogP contribution in [0.2, 0.25) is 0 Å². The van der Waals surface area contributed by atoms with Crippen LogP contribution >= 0.6 is 0 Å². The lowest BCUT2D eigenvalue weighted by Crippen LogP contribution is -2.47. The topological polar surface area (TPSA) is 74.2 Å². The standard InChI is InChI=1S/C24H27FN4O3/c1-32-21-8-6-20(7-9-21)28-14-12-19(13-15-28)26-24(31)22-10-11-23(30)29(27-22)16-17-2-4-18(25)5-3-17/h2-9,19H,10-16H2,1H3,(H,26,31). The number of nitrogens with zero attached hydrogens (tertiary/aromatic N) is 3. The van der Waals surface area contributed by atoms with Crippen molar-refractivity contribution in [3.8, 4) is 5.75 Å². The Morgan fingerprint density at radius 1 is 1.09 bits per heavy atom. The molecule has 8 heteroatoms. The van der Waals surface area contributed by atoms with Crippen molar-refractivity contribution in [3.63, 3.8) is 0 Å². The highest BCUT2D eigenvalue weighted by atomic mass is 19.1. The molecular weight excluding hydrogens is 411 g/mol. The van der Waals surface area contributed by atoms with Gasteiger partial charge in [0, 0.05) is 37.7 Å². The Kier molecular flexibility index (Phi) is 6.68. The lowest BCUT2D eigenvalue weighted by atomic mass is 10.0. The largest absolute Gasteiger partial charge is 0.497 e. The van der Waals surface area contributed by atoms with Crippen LogP contribution in [-0.4, -0.2) is 48.8 Å². The molecule has 0 bridgehead atoms. The molecule has 32 heavy (non-hydrogen) atoms. The van der Waals surface area contributed by atoms with Gasteiger partial charge in [0.2, 0.25) is 5.91 Å². The van der Waals surface area contributed by atoms with Gasteiger partial charge in [0.05, 0.1) is 13.7 Å². The van der Waals surface area contributed by atoms with Gasteiger partial charge in [0.25, 0.3) is 5.91 Å². The van der Waals surface area contributed by atoms with Crippen LogP contribution in [0.3, 0.4) is 0 Å². The van der Waals surface area contributed by atoms with E-state index in [1.165, 1.54) is 17.1 Å². The molecule has 2 aromatic rings. The molecule has 1 N–H and O–H groups in total. The summed E-state index contributed by atoms with van der Waals surface area (Å²) in [6, 6.07) is 14.0. The highest BCUT2D eigenvalue weighted by molar-refractivity contribution is 6.39. The van der Waals surface area contributed by atoms with E-state index in [9.17, 15) is 14.0 Å². The van der Waals surface area contributed by atoms with E-state index < -0.39 is 0 Å². The first-order chi connectivity index (χ1) is 15.5. The monoisotopic (exact) mass is 438 g/mol. The van der Waals surface area contributed by atoms with Gasteiger partial charge in [0.1, 0.15) is 17.3 Å². The molecule has 2 aliphatic heterocycles. The maximum absolute atomic E-state index is 13.1. The molecule has 0 radical (unpaired) electrons. The molecule has 0 aliphatic carbocycles. The molecule has 1 fully saturated rings. The van der Waals surface area contributed by atoms with Crippen molar-refractivity contribution in [2.75, 3.05) is 25.1 Å². The predicted octanol–water partition coefficient (Wildman–Crippen LogP) is 3.10. The van der Waals surface area contributed by atoms with Crippen LogP contribution in [0.4, 0.5) is 10.1 Å². The molecule has 2 aliphatic rings. The molecule has 0 atom stereocenters. The van der Waals surface area contributed by atoms with Gasteiger partial charge < -0.3 is 15.0 Å². The van der Waals surface area contributed by atoms with E-state index >= 15 is 0 Å². The third-order valence-electron chi connectivity index (χ3n) is 5.88. The van der Waals surface area contributed by atoms with Crippen LogP contribution in [0.15, 0.2) is 53.6 Å². The van der Waals surface area contributed by atoms with E-state index in [2.05, 4.69) is 15.3 Å². The molecule has 4 rings (SSSR count). The first-order valence-corrected chi connectivity index (χ1v) is 10.8. The zero-order valence-electron chi connectivity index (χ0n) is 18.1. The second-order valence-electron chi connectivity index (χ2n) is 8.06. The highest BCUT2D eigenvalue weighted by Gasteiger charge is 2.27. The first kappa shape index (κ1) is 21.8. The number of nitrogens with one attached hydrogen (secondary N) is 1. The van der Waals surface area contributed by atoms with Crippen LogP contribution < -0.4 is 15.0 Å². The number of rotatable bonds is 6. The minimum absolute atomic E-state index is 0.0721. The molecule has 2 aromatic carbocycles. The van der Waals surface area contributed by atoms with Crippen molar-refractivity contribution < 1.29 is 18.7 Å². The molecule has 1 saturated heterocycles. The van der Waals surface area contributed by atoms with Crippen LogP contribution in [-0.2, 0) is 16.1 Å². The fraction of sp³-hybridized carbons (Fsp3) is 0.375. The molecule has 0 spiro atoms. The van der Waals surface area contributed by atoms with Crippen molar-refractivity contribution in [3.05, 3.63) is 59.9 Å². The first-order valence-electron chi connectivity index (χ1n) is 10.8. The summed E-state index contributed by atoms with van der Waals surface area (Å²) in [6.45, 7) is 1.91. The van der Waals surface area contributed by atoms with E-state index in [-0.39, 0.29) is 36.6 Å². The highest BCUT2D eigenvalue weighted by Crippen LogP contribution is 2.23. The molecule has 168 valence electrons. The van der Waals surface area contributed by atoms with Gasteiger partial charge in [-0.15, -0.1) is 0 Å². The van der Waals surface area contributed by atoms with E-state index in [0.717, 1.165) is 42.9 Å². The minimum Gasteiger partial charge on any atom is -0.497 e. The van der Waals surface area contributed by atoms with E-state index in [4.69, 9.17) is 4.74 Å². The predicted molar refractivity (Wildman–Crippen MR) is 120 cm³/mol. The Morgan fingerprint density at radius 2 is 1.78 bits per heavy atom. The number of hydrogen-bond donors (Lipinski definition) is 1. The van der Waals surface area contributed by atoms with Gasteiger partial charge in [-0.25, -0.2) is 9.40 Å². The van der Waals surface area contributed by atoms with Gasteiger partial charge in [-0.1, -0.05) is 12.1 Å².